The van der Waals surface area contributed by atoms with E-state index in [1.807, 2.05) is 43.3 Å². The molecule has 0 fully saturated rings. The molecule has 0 aliphatic rings. The molecule has 1 aromatic carbocycles. The van der Waals surface area contributed by atoms with Crippen LogP contribution < -0.4 is 0 Å². The second-order valence-electron chi connectivity index (χ2n) is 5.21. The topological polar surface area (TPSA) is 26.3 Å². The summed E-state index contributed by atoms with van der Waals surface area (Å²) in [6.07, 6.45) is 5.52. The van der Waals surface area contributed by atoms with Crippen molar-refractivity contribution in [2.45, 2.75) is 39.5 Å². The van der Waals surface area contributed by atoms with Crippen LogP contribution in [0.1, 0.15) is 38.7 Å². The highest BCUT2D eigenvalue weighted by atomic mass is 16.5. The number of hydrogen-bond acceptors (Lipinski definition) is 2. The Kier molecular flexibility index (Phi) is 7.41. The molecule has 108 valence electrons. The van der Waals surface area contributed by atoms with E-state index in [4.69, 9.17) is 4.74 Å². The first-order chi connectivity index (χ1) is 9.58. The number of esters is 1. The van der Waals surface area contributed by atoms with Crippen LogP contribution in [-0.4, -0.2) is 12.6 Å². The fourth-order valence-electron chi connectivity index (χ4n) is 1.86. The molecule has 0 radical (unpaired) electrons. The fraction of sp³-hybridized carbons (Fsp3) is 0.389. The van der Waals surface area contributed by atoms with Crippen LogP contribution in [0.5, 0.6) is 0 Å². The molecule has 0 spiro atoms. The Bertz CT molecular complexity index is 458. The zero-order valence-electron chi connectivity index (χ0n) is 12.5. The van der Waals surface area contributed by atoms with Crippen LogP contribution in [0.15, 0.2) is 54.1 Å². The molecule has 0 heterocycles. The maximum absolute atomic E-state index is 11.6. The molecule has 2 heteroatoms. The Balaban J connectivity index is 2.22. The molecule has 0 amide bonds. The van der Waals surface area contributed by atoms with Crippen molar-refractivity contribution in [2.24, 2.45) is 0 Å². The Morgan fingerprint density at radius 3 is 2.55 bits per heavy atom. The van der Waals surface area contributed by atoms with Gasteiger partial charge in [-0.05, 0) is 44.7 Å². The molecule has 1 rings (SSSR count). The Hall–Kier alpha value is -1.83. The molecule has 20 heavy (non-hydrogen) atoms. The number of allylic oxidation sites excluding steroid dienone is 2. The molecule has 0 bridgehead atoms. The zero-order chi connectivity index (χ0) is 14.8. The molecular weight excluding hydrogens is 248 g/mol. The summed E-state index contributed by atoms with van der Waals surface area (Å²) in [5.74, 6) is -0.179. The van der Waals surface area contributed by atoms with E-state index < -0.39 is 0 Å². The summed E-state index contributed by atoms with van der Waals surface area (Å²) in [4.78, 5) is 11.6. The smallest absolute Gasteiger partial charge is 0.310 e. The summed E-state index contributed by atoms with van der Waals surface area (Å²) in [6.45, 7) is 8.37. The third-order valence-electron chi connectivity index (χ3n) is 3.04. The molecule has 0 saturated carbocycles. The van der Waals surface area contributed by atoms with Crippen molar-refractivity contribution in [3.8, 4) is 0 Å². The lowest BCUT2D eigenvalue weighted by molar-refractivity contribution is -0.141. The van der Waals surface area contributed by atoms with E-state index in [-0.39, 0.29) is 5.97 Å². The van der Waals surface area contributed by atoms with E-state index in [0.717, 1.165) is 24.8 Å². The molecule has 0 unspecified atom stereocenters. The molecule has 0 aliphatic heterocycles. The van der Waals surface area contributed by atoms with Crippen molar-refractivity contribution >= 4 is 5.97 Å². The van der Waals surface area contributed by atoms with Crippen LogP contribution in [0.2, 0.25) is 0 Å². The minimum atomic E-state index is -0.179. The Morgan fingerprint density at radius 1 is 1.20 bits per heavy atom. The van der Waals surface area contributed by atoms with Gasteiger partial charge in [0, 0.05) is 0 Å². The van der Waals surface area contributed by atoms with Gasteiger partial charge in [-0.1, -0.05) is 41.5 Å². The van der Waals surface area contributed by atoms with Crippen molar-refractivity contribution < 1.29 is 9.53 Å². The second kappa shape index (κ2) is 9.13. The Morgan fingerprint density at radius 2 is 1.90 bits per heavy atom. The molecule has 2 nitrogen and oxygen atoms in total. The largest absolute Gasteiger partial charge is 0.461 e. The second-order valence-corrected chi connectivity index (χ2v) is 5.21. The van der Waals surface area contributed by atoms with Crippen LogP contribution in [0.3, 0.4) is 0 Å². The van der Waals surface area contributed by atoms with Crippen molar-refractivity contribution in [1.29, 1.82) is 0 Å². The lowest BCUT2D eigenvalue weighted by Gasteiger charge is -2.04. The SMILES string of the molecule is C=C(C)CCC/C(C)=C/COC(=O)Cc1ccccc1. The lowest BCUT2D eigenvalue weighted by Crippen LogP contribution is -2.08. The number of hydrogen-bond donors (Lipinski definition) is 0. The van der Waals surface area contributed by atoms with Gasteiger partial charge in [-0.2, -0.15) is 0 Å². The molecule has 0 saturated heterocycles. The van der Waals surface area contributed by atoms with Gasteiger partial charge in [0.25, 0.3) is 0 Å². The van der Waals surface area contributed by atoms with Gasteiger partial charge in [0.2, 0.25) is 0 Å². The quantitative estimate of drug-likeness (QED) is 0.515. The summed E-state index contributed by atoms with van der Waals surface area (Å²) in [6, 6.07) is 9.65. The molecule has 0 aliphatic carbocycles. The predicted octanol–water partition coefficient (Wildman–Crippen LogP) is 4.47. The Labute approximate surface area is 122 Å². The first-order valence-electron chi connectivity index (χ1n) is 7.07. The number of carbonyl (C=O) groups excluding carboxylic acids is 1. The maximum atomic E-state index is 11.6. The van der Waals surface area contributed by atoms with Gasteiger partial charge < -0.3 is 4.74 Å². The van der Waals surface area contributed by atoms with E-state index >= 15 is 0 Å². The van der Waals surface area contributed by atoms with Gasteiger partial charge >= 0.3 is 5.97 Å². The van der Waals surface area contributed by atoms with Crippen molar-refractivity contribution in [1.82, 2.24) is 0 Å². The van der Waals surface area contributed by atoms with Gasteiger partial charge in [-0.3, -0.25) is 4.79 Å². The van der Waals surface area contributed by atoms with Crippen LogP contribution in [0, 0.1) is 0 Å². The van der Waals surface area contributed by atoms with Crippen molar-refractivity contribution in [2.75, 3.05) is 6.61 Å². The van der Waals surface area contributed by atoms with Gasteiger partial charge in [0.1, 0.15) is 6.61 Å². The summed E-state index contributed by atoms with van der Waals surface area (Å²) < 4.78 is 5.21. The van der Waals surface area contributed by atoms with Gasteiger partial charge in [-0.25, -0.2) is 0 Å². The highest BCUT2D eigenvalue weighted by Gasteiger charge is 2.03. The molecule has 1 aromatic rings. The normalized spacial score (nSPS) is 11.2. The highest BCUT2D eigenvalue weighted by molar-refractivity contribution is 5.72. The van der Waals surface area contributed by atoms with Gasteiger partial charge in [0.05, 0.1) is 6.42 Å². The number of benzene rings is 1. The van der Waals surface area contributed by atoms with E-state index in [0.29, 0.717) is 13.0 Å². The minimum Gasteiger partial charge on any atom is -0.461 e. The summed E-state index contributed by atoms with van der Waals surface area (Å²) in [7, 11) is 0. The van der Waals surface area contributed by atoms with Gasteiger partial charge in [-0.15, -0.1) is 6.58 Å². The van der Waals surface area contributed by atoms with E-state index in [1.165, 1.54) is 11.1 Å². The first-order valence-corrected chi connectivity index (χ1v) is 7.07. The number of carbonyl (C=O) groups is 1. The number of rotatable bonds is 8. The third kappa shape index (κ3) is 7.57. The van der Waals surface area contributed by atoms with Crippen molar-refractivity contribution in [3.05, 3.63) is 59.7 Å². The van der Waals surface area contributed by atoms with E-state index in [9.17, 15) is 4.79 Å². The molecule has 0 atom stereocenters. The summed E-state index contributed by atoms with van der Waals surface area (Å²) >= 11 is 0. The standard InChI is InChI=1S/C18H24O2/c1-15(2)8-7-9-16(3)12-13-20-18(19)14-17-10-5-4-6-11-17/h4-6,10-12H,1,7-9,13-14H2,2-3H3/b16-12+. The predicted molar refractivity (Wildman–Crippen MR) is 83.5 cm³/mol. The van der Waals surface area contributed by atoms with Gasteiger partial charge in [0.15, 0.2) is 0 Å². The van der Waals surface area contributed by atoms with E-state index in [1.54, 1.807) is 0 Å². The fourth-order valence-corrected chi connectivity index (χ4v) is 1.86. The molecule has 0 aromatic heterocycles. The molecule has 0 N–H and O–H groups in total. The monoisotopic (exact) mass is 272 g/mol. The average Bonchev–Trinajstić information content (AvgIpc) is 2.39. The highest BCUT2D eigenvalue weighted by Crippen LogP contribution is 2.10. The first kappa shape index (κ1) is 16.2. The zero-order valence-corrected chi connectivity index (χ0v) is 12.5. The van der Waals surface area contributed by atoms with Crippen molar-refractivity contribution in [3.63, 3.8) is 0 Å². The van der Waals surface area contributed by atoms with Crippen LogP contribution in [-0.2, 0) is 16.0 Å². The summed E-state index contributed by atoms with van der Waals surface area (Å²) in [5, 5.41) is 0. The molecular formula is C18H24O2. The summed E-state index contributed by atoms with van der Waals surface area (Å²) in [5.41, 5.74) is 3.46. The van der Waals surface area contributed by atoms with Crippen LogP contribution >= 0.6 is 0 Å². The third-order valence-corrected chi connectivity index (χ3v) is 3.04. The van der Waals surface area contributed by atoms with E-state index in [2.05, 4.69) is 13.5 Å². The number of ether oxygens (including phenoxy) is 1. The van der Waals surface area contributed by atoms with Crippen LogP contribution in [0.25, 0.3) is 0 Å². The lowest BCUT2D eigenvalue weighted by atomic mass is 10.1. The minimum absolute atomic E-state index is 0.179. The van der Waals surface area contributed by atoms with Crippen LogP contribution in [0.4, 0.5) is 0 Å². The maximum Gasteiger partial charge on any atom is 0.310 e. The average molecular weight is 272 g/mol.